The van der Waals surface area contributed by atoms with E-state index in [1.165, 1.54) is 0 Å². The molecule has 2 aromatic carbocycles. The van der Waals surface area contributed by atoms with Gasteiger partial charge in [0, 0.05) is 13.0 Å². The second-order valence-corrected chi connectivity index (χ2v) is 5.51. The lowest BCUT2D eigenvalue weighted by atomic mass is 10.0. The fourth-order valence-corrected chi connectivity index (χ4v) is 2.45. The normalized spacial score (nSPS) is 15.6. The van der Waals surface area contributed by atoms with Crippen LogP contribution in [0.3, 0.4) is 0 Å². The third-order valence-corrected chi connectivity index (χ3v) is 3.76. The van der Waals surface area contributed by atoms with Gasteiger partial charge in [0.05, 0.1) is 5.71 Å². The van der Waals surface area contributed by atoms with Crippen molar-refractivity contribution in [3.05, 3.63) is 65.7 Å². The SMILES string of the molecule is N#CCOc1ccc(C2=NOC(C(=O)NCc3ccccc3)C2)cc1. The first kappa shape index (κ1) is 16.5. The molecule has 0 bridgehead atoms. The Morgan fingerprint density at radius 2 is 2.00 bits per heavy atom. The van der Waals surface area contributed by atoms with E-state index in [1.54, 1.807) is 12.1 Å². The Morgan fingerprint density at radius 1 is 1.24 bits per heavy atom. The van der Waals surface area contributed by atoms with E-state index in [1.807, 2.05) is 48.5 Å². The third kappa shape index (κ3) is 4.36. The summed E-state index contributed by atoms with van der Waals surface area (Å²) < 4.78 is 5.21. The molecule has 1 aliphatic rings. The van der Waals surface area contributed by atoms with Crippen LogP contribution in [-0.4, -0.2) is 24.3 Å². The molecule has 6 nitrogen and oxygen atoms in total. The first-order chi connectivity index (χ1) is 12.3. The molecule has 1 aliphatic heterocycles. The van der Waals surface area contributed by atoms with Gasteiger partial charge < -0.3 is 14.9 Å². The monoisotopic (exact) mass is 335 g/mol. The average molecular weight is 335 g/mol. The van der Waals surface area contributed by atoms with Crippen molar-refractivity contribution >= 4 is 11.6 Å². The Kier molecular flexibility index (Phi) is 5.27. The van der Waals surface area contributed by atoms with Gasteiger partial charge in [-0.25, -0.2) is 0 Å². The number of carbonyl (C=O) groups is 1. The second-order valence-electron chi connectivity index (χ2n) is 5.51. The van der Waals surface area contributed by atoms with Crippen LogP contribution in [0.15, 0.2) is 59.8 Å². The zero-order valence-electron chi connectivity index (χ0n) is 13.5. The molecule has 0 aromatic heterocycles. The number of benzene rings is 2. The molecule has 0 saturated carbocycles. The summed E-state index contributed by atoms with van der Waals surface area (Å²) in [4.78, 5) is 17.5. The lowest BCUT2D eigenvalue weighted by Gasteiger charge is -2.09. The van der Waals surface area contributed by atoms with Crippen LogP contribution in [0, 0.1) is 11.3 Å². The number of oxime groups is 1. The molecule has 0 saturated heterocycles. The van der Waals surface area contributed by atoms with Crippen molar-refractivity contribution in [2.45, 2.75) is 19.1 Å². The van der Waals surface area contributed by atoms with Gasteiger partial charge in [-0.1, -0.05) is 35.5 Å². The molecule has 2 aromatic rings. The molecule has 3 rings (SSSR count). The van der Waals surface area contributed by atoms with Crippen LogP contribution in [0.2, 0.25) is 0 Å². The van der Waals surface area contributed by atoms with Crippen molar-refractivity contribution in [2.24, 2.45) is 5.16 Å². The summed E-state index contributed by atoms with van der Waals surface area (Å²) in [7, 11) is 0. The van der Waals surface area contributed by atoms with E-state index in [4.69, 9.17) is 14.8 Å². The van der Waals surface area contributed by atoms with E-state index in [9.17, 15) is 4.79 Å². The van der Waals surface area contributed by atoms with Crippen molar-refractivity contribution in [1.82, 2.24) is 5.32 Å². The maximum Gasteiger partial charge on any atom is 0.264 e. The Bertz CT molecular complexity index is 795. The summed E-state index contributed by atoms with van der Waals surface area (Å²) in [5, 5.41) is 15.4. The maximum atomic E-state index is 12.2. The lowest BCUT2D eigenvalue weighted by molar-refractivity contribution is -0.131. The van der Waals surface area contributed by atoms with Crippen molar-refractivity contribution in [1.29, 1.82) is 5.26 Å². The third-order valence-electron chi connectivity index (χ3n) is 3.76. The Balaban J connectivity index is 1.52. The summed E-state index contributed by atoms with van der Waals surface area (Å²) in [6.07, 6.45) is -0.202. The smallest absolute Gasteiger partial charge is 0.264 e. The van der Waals surface area contributed by atoms with Crippen LogP contribution < -0.4 is 10.1 Å². The summed E-state index contributed by atoms with van der Waals surface area (Å²) in [6.45, 7) is 0.465. The topological polar surface area (TPSA) is 83.7 Å². The molecule has 1 atom stereocenters. The van der Waals surface area contributed by atoms with Gasteiger partial charge in [0.1, 0.15) is 11.8 Å². The number of nitrogens with one attached hydrogen (secondary N) is 1. The predicted octanol–water partition coefficient (Wildman–Crippen LogP) is 2.40. The number of rotatable bonds is 6. The number of nitriles is 1. The van der Waals surface area contributed by atoms with Gasteiger partial charge >= 0.3 is 0 Å². The Hall–Kier alpha value is -3.33. The maximum absolute atomic E-state index is 12.2. The van der Waals surface area contributed by atoms with E-state index in [2.05, 4.69) is 10.5 Å². The molecule has 1 amide bonds. The Labute approximate surface area is 145 Å². The molecular formula is C19H17N3O3. The van der Waals surface area contributed by atoms with E-state index >= 15 is 0 Å². The molecule has 1 N–H and O–H groups in total. The Morgan fingerprint density at radius 3 is 2.72 bits per heavy atom. The number of ether oxygens (including phenoxy) is 1. The average Bonchev–Trinajstić information content (AvgIpc) is 3.16. The van der Waals surface area contributed by atoms with Crippen molar-refractivity contribution in [2.75, 3.05) is 6.61 Å². The molecule has 1 unspecified atom stereocenters. The summed E-state index contributed by atoms with van der Waals surface area (Å²) in [6, 6.07) is 18.8. The summed E-state index contributed by atoms with van der Waals surface area (Å²) >= 11 is 0. The predicted molar refractivity (Wildman–Crippen MR) is 91.9 cm³/mol. The minimum atomic E-state index is -0.617. The van der Waals surface area contributed by atoms with Crippen LogP contribution in [-0.2, 0) is 16.2 Å². The highest BCUT2D eigenvalue weighted by atomic mass is 16.6. The number of hydrogen-bond acceptors (Lipinski definition) is 5. The van der Waals surface area contributed by atoms with E-state index in [0.717, 1.165) is 11.1 Å². The molecule has 0 radical (unpaired) electrons. The summed E-state index contributed by atoms with van der Waals surface area (Å²) in [5.41, 5.74) is 2.61. The summed E-state index contributed by atoms with van der Waals surface area (Å²) in [5.74, 6) is 0.429. The number of hydrogen-bond donors (Lipinski definition) is 1. The highest BCUT2D eigenvalue weighted by Crippen LogP contribution is 2.19. The van der Waals surface area contributed by atoms with E-state index in [0.29, 0.717) is 24.4 Å². The van der Waals surface area contributed by atoms with Gasteiger partial charge in [-0.05, 0) is 35.4 Å². The fourth-order valence-electron chi connectivity index (χ4n) is 2.45. The number of amides is 1. The van der Waals surface area contributed by atoms with Gasteiger partial charge in [-0.15, -0.1) is 0 Å². The van der Waals surface area contributed by atoms with Crippen molar-refractivity contribution < 1.29 is 14.4 Å². The quantitative estimate of drug-likeness (QED) is 0.878. The molecule has 0 fully saturated rings. The van der Waals surface area contributed by atoms with Gasteiger partial charge in [-0.3, -0.25) is 4.79 Å². The van der Waals surface area contributed by atoms with Crippen LogP contribution >= 0.6 is 0 Å². The van der Waals surface area contributed by atoms with Crippen LogP contribution in [0.25, 0.3) is 0 Å². The van der Waals surface area contributed by atoms with Gasteiger partial charge in [0.15, 0.2) is 6.61 Å². The minimum absolute atomic E-state index is 0.00701. The molecule has 0 aliphatic carbocycles. The van der Waals surface area contributed by atoms with Crippen LogP contribution in [0.1, 0.15) is 17.5 Å². The lowest BCUT2D eigenvalue weighted by Crippen LogP contribution is -2.34. The second kappa shape index (κ2) is 7.97. The first-order valence-corrected chi connectivity index (χ1v) is 7.91. The van der Waals surface area contributed by atoms with Crippen LogP contribution in [0.4, 0.5) is 0 Å². The van der Waals surface area contributed by atoms with Gasteiger partial charge in [-0.2, -0.15) is 5.26 Å². The molecule has 6 heteroatoms. The first-order valence-electron chi connectivity index (χ1n) is 7.91. The van der Waals surface area contributed by atoms with Gasteiger partial charge in [0.25, 0.3) is 5.91 Å². The largest absolute Gasteiger partial charge is 0.479 e. The highest BCUT2D eigenvalue weighted by Gasteiger charge is 2.28. The zero-order chi connectivity index (χ0) is 17.5. The molecule has 25 heavy (non-hydrogen) atoms. The molecule has 126 valence electrons. The number of nitrogens with zero attached hydrogens (tertiary/aromatic N) is 2. The zero-order valence-corrected chi connectivity index (χ0v) is 13.5. The minimum Gasteiger partial charge on any atom is -0.479 e. The molecule has 0 spiro atoms. The molecular weight excluding hydrogens is 318 g/mol. The fraction of sp³-hybridized carbons (Fsp3) is 0.211. The van der Waals surface area contributed by atoms with E-state index in [-0.39, 0.29) is 12.5 Å². The van der Waals surface area contributed by atoms with Gasteiger partial charge in [0.2, 0.25) is 6.10 Å². The van der Waals surface area contributed by atoms with Crippen molar-refractivity contribution in [3.63, 3.8) is 0 Å². The van der Waals surface area contributed by atoms with Crippen molar-refractivity contribution in [3.8, 4) is 11.8 Å². The standard InChI is InChI=1S/C19H17N3O3/c20-10-11-24-16-8-6-15(7-9-16)17-12-18(25-22-17)19(23)21-13-14-4-2-1-3-5-14/h1-9,18H,11-13H2,(H,21,23). The highest BCUT2D eigenvalue weighted by molar-refractivity contribution is 6.04. The van der Waals surface area contributed by atoms with Crippen LogP contribution in [0.5, 0.6) is 5.75 Å². The number of carbonyl (C=O) groups excluding carboxylic acids is 1. The van der Waals surface area contributed by atoms with E-state index < -0.39 is 6.10 Å². The molecule has 1 heterocycles.